The van der Waals surface area contributed by atoms with E-state index in [4.69, 9.17) is 14.7 Å². The van der Waals surface area contributed by atoms with E-state index in [1.807, 2.05) is 66.7 Å². The molecule has 1 amide bonds. The van der Waals surface area contributed by atoms with Crippen molar-refractivity contribution in [2.45, 2.75) is 13.0 Å². The van der Waals surface area contributed by atoms with Gasteiger partial charge in [-0.3, -0.25) is 4.79 Å². The maximum Gasteiger partial charge on any atom is 0.226 e. The van der Waals surface area contributed by atoms with Gasteiger partial charge in [0.1, 0.15) is 17.4 Å². The van der Waals surface area contributed by atoms with Crippen molar-refractivity contribution in [1.29, 1.82) is 0 Å². The van der Waals surface area contributed by atoms with Gasteiger partial charge in [0.2, 0.25) is 5.91 Å². The van der Waals surface area contributed by atoms with Crippen molar-refractivity contribution in [2.75, 3.05) is 23.9 Å². The lowest BCUT2D eigenvalue weighted by Crippen LogP contribution is -2.28. The lowest BCUT2D eigenvalue weighted by Gasteiger charge is -2.25. The van der Waals surface area contributed by atoms with Crippen LogP contribution < -0.4 is 15.0 Å². The van der Waals surface area contributed by atoms with Crippen LogP contribution in [0.15, 0.2) is 103 Å². The Hall–Kier alpha value is -4.78. The molecule has 0 unspecified atom stereocenters. The number of methoxy groups -OCH3 is 1. The van der Waals surface area contributed by atoms with E-state index in [1.165, 1.54) is 12.1 Å². The highest BCUT2D eigenvalue weighted by atomic mass is 19.1. The first-order valence-electron chi connectivity index (χ1n) is 12.3. The molecule has 0 bridgehead atoms. The maximum absolute atomic E-state index is 13.3. The molecule has 0 aliphatic rings. The number of anilines is 2. The Bertz CT molecular complexity index is 1520. The largest absolute Gasteiger partial charge is 0.497 e. The minimum atomic E-state index is -0.347. The third-order valence-corrected chi connectivity index (χ3v) is 6.18. The number of fused-ring (bicyclic) bond motifs is 1. The molecule has 190 valence electrons. The van der Waals surface area contributed by atoms with E-state index in [-0.39, 0.29) is 18.1 Å². The van der Waals surface area contributed by atoms with E-state index in [9.17, 15) is 9.18 Å². The van der Waals surface area contributed by atoms with Gasteiger partial charge in [-0.05, 0) is 66.2 Å². The lowest BCUT2D eigenvalue weighted by molar-refractivity contribution is -0.116. The molecule has 0 atom stereocenters. The molecule has 1 heterocycles. The molecular formula is C31H27FN4O2. The summed E-state index contributed by atoms with van der Waals surface area (Å²) in [5.41, 5.74) is 3.34. The summed E-state index contributed by atoms with van der Waals surface area (Å²) >= 11 is 0. The number of para-hydroxylation sites is 1. The first kappa shape index (κ1) is 24.9. The second-order valence-corrected chi connectivity index (χ2v) is 8.83. The standard InChI is InChI=1S/C31H27FN4O2/c1-38-26-17-11-23(12-18-26)30-34-28-10-6-5-9-27(28)31(35-30)36(21-22-7-3-2-4-8-22)20-19-29(37)33-25-15-13-24(32)14-16-25/h2-18H,19-21H2,1H3,(H,33,37). The van der Waals surface area contributed by atoms with Crippen LogP contribution in [0.3, 0.4) is 0 Å². The minimum absolute atomic E-state index is 0.164. The molecule has 1 aromatic heterocycles. The Morgan fingerprint density at radius 2 is 1.58 bits per heavy atom. The van der Waals surface area contributed by atoms with Crippen LogP contribution in [-0.4, -0.2) is 29.5 Å². The zero-order valence-electron chi connectivity index (χ0n) is 21.0. The van der Waals surface area contributed by atoms with Gasteiger partial charge in [-0.1, -0.05) is 42.5 Å². The van der Waals surface area contributed by atoms with Gasteiger partial charge in [0, 0.05) is 36.1 Å². The van der Waals surface area contributed by atoms with E-state index in [1.54, 1.807) is 19.2 Å². The van der Waals surface area contributed by atoms with E-state index >= 15 is 0 Å². The highest BCUT2D eigenvalue weighted by molar-refractivity contribution is 5.93. The zero-order valence-corrected chi connectivity index (χ0v) is 21.0. The van der Waals surface area contributed by atoms with Gasteiger partial charge in [-0.25, -0.2) is 14.4 Å². The summed E-state index contributed by atoms with van der Waals surface area (Å²) in [6, 6.07) is 31.3. The fraction of sp³-hybridized carbons (Fsp3) is 0.129. The third-order valence-electron chi connectivity index (χ3n) is 6.18. The molecule has 0 saturated carbocycles. The normalized spacial score (nSPS) is 10.8. The Morgan fingerprint density at radius 3 is 2.32 bits per heavy atom. The average Bonchev–Trinajstić information content (AvgIpc) is 2.96. The highest BCUT2D eigenvalue weighted by Crippen LogP contribution is 2.29. The lowest BCUT2D eigenvalue weighted by atomic mass is 10.1. The van der Waals surface area contributed by atoms with Crippen molar-refractivity contribution < 1.29 is 13.9 Å². The Kier molecular flexibility index (Phi) is 7.54. The molecule has 0 fully saturated rings. The van der Waals surface area contributed by atoms with Gasteiger partial charge in [0.25, 0.3) is 0 Å². The van der Waals surface area contributed by atoms with Crippen molar-refractivity contribution >= 4 is 28.3 Å². The number of hydrogen-bond donors (Lipinski definition) is 1. The molecule has 0 aliphatic heterocycles. The number of rotatable bonds is 9. The van der Waals surface area contributed by atoms with Gasteiger partial charge >= 0.3 is 0 Å². The topological polar surface area (TPSA) is 67.3 Å². The van der Waals surface area contributed by atoms with Crippen molar-refractivity contribution in [3.8, 4) is 17.1 Å². The summed E-state index contributed by atoms with van der Waals surface area (Å²) in [6.45, 7) is 0.985. The Morgan fingerprint density at radius 1 is 0.868 bits per heavy atom. The number of halogens is 1. The molecular weight excluding hydrogens is 479 g/mol. The van der Waals surface area contributed by atoms with Gasteiger partial charge in [0.15, 0.2) is 5.82 Å². The summed E-state index contributed by atoms with van der Waals surface area (Å²) in [6.07, 6.45) is 0.223. The Labute approximate surface area is 220 Å². The number of nitrogens with zero attached hydrogens (tertiary/aromatic N) is 3. The number of nitrogens with one attached hydrogen (secondary N) is 1. The van der Waals surface area contributed by atoms with Crippen LogP contribution in [0.1, 0.15) is 12.0 Å². The predicted octanol–water partition coefficient (Wildman–Crippen LogP) is 6.48. The van der Waals surface area contributed by atoms with Crippen LogP contribution in [0, 0.1) is 5.82 Å². The molecule has 4 aromatic carbocycles. The third kappa shape index (κ3) is 5.95. The number of carbonyl (C=O) groups excluding carboxylic acids is 1. The number of benzene rings is 4. The predicted molar refractivity (Wildman–Crippen MR) is 149 cm³/mol. The molecule has 0 spiro atoms. The summed E-state index contributed by atoms with van der Waals surface area (Å²) in [5.74, 6) is 1.59. The second-order valence-electron chi connectivity index (χ2n) is 8.83. The summed E-state index contributed by atoms with van der Waals surface area (Å²) in [4.78, 5) is 24.7. The zero-order chi connectivity index (χ0) is 26.3. The molecule has 0 saturated heterocycles. The van der Waals surface area contributed by atoms with Crippen LogP contribution in [-0.2, 0) is 11.3 Å². The van der Waals surface area contributed by atoms with Crippen LogP contribution in [0.25, 0.3) is 22.3 Å². The maximum atomic E-state index is 13.3. The Balaban J connectivity index is 1.49. The van der Waals surface area contributed by atoms with Gasteiger partial charge in [-0.15, -0.1) is 0 Å². The molecule has 0 radical (unpaired) electrons. The number of ether oxygens (including phenoxy) is 1. The minimum Gasteiger partial charge on any atom is -0.497 e. The second kappa shape index (κ2) is 11.5. The number of aromatic nitrogens is 2. The number of amides is 1. The van der Waals surface area contributed by atoms with Gasteiger partial charge < -0.3 is 15.0 Å². The van der Waals surface area contributed by atoms with Gasteiger partial charge in [0.05, 0.1) is 12.6 Å². The van der Waals surface area contributed by atoms with Crippen molar-refractivity contribution in [3.63, 3.8) is 0 Å². The number of carbonyl (C=O) groups is 1. The molecule has 5 rings (SSSR count). The molecule has 0 aliphatic carbocycles. The SMILES string of the molecule is COc1ccc(-c2nc(N(CCC(=O)Nc3ccc(F)cc3)Cc3ccccc3)c3ccccc3n2)cc1. The van der Waals surface area contributed by atoms with Crippen LogP contribution in [0.4, 0.5) is 15.9 Å². The number of hydrogen-bond acceptors (Lipinski definition) is 5. The highest BCUT2D eigenvalue weighted by Gasteiger charge is 2.18. The smallest absolute Gasteiger partial charge is 0.226 e. The van der Waals surface area contributed by atoms with E-state index in [2.05, 4.69) is 22.3 Å². The molecule has 7 heteroatoms. The molecule has 38 heavy (non-hydrogen) atoms. The average molecular weight is 507 g/mol. The van der Waals surface area contributed by atoms with Crippen LogP contribution >= 0.6 is 0 Å². The quantitative estimate of drug-likeness (QED) is 0.248. The van der Waals surface area contributed by atoms with Gasteiger partial charge in [-0.2, -0.15) is 0 Å². The summed E-state index contributed by atoms with van der Waals surface area (Å²) in [5, 5.41) is 3.75. The molecule has 1 N–H and O–H groups in total. The monoisotopic (exact) mass is 506 g/mol. The summed E-state index contributed by atoms with van der Waals surface area (Å²) < 4.78 is 18.6. The fourth-order valence-corrected chi connectivity index (χ4v) is 4.23. The van der Waals surface area contributed by atoms with Crippen molar-refractivity contribution in [3.05, 3.63) is 115 Å². The molecule has 5 aromatic rings. The van der Waals surface area contributed by atoms with E-state index < -0.39 is 0 Å². The van der Waals surface area contributed by atoms with E-state index in [0.29, 0.717) is 24.6 Å². The fourth-order valence-electron chi connectivity index (χ4n) is 4.23. The van der Waals surface area contributed by atoms with Crippen LogP contribution in [0.5, 0.6) is 5.75 Å². The summed E-state index contributed by atoms with van der Waals surface area (Å²) in [7, 11) is 1.63. The van der Waals surface area contributed by atoms with Crippen LogP contribution in [0.2, 0.25) is 0 Å². The van der Waals surface area contributed by atoms with Crippen molar-refractivity contribution in [1.82, 2.24) is 9.97 Å². The van der Waals surface area contributed by atoms with Crippen molar-refractivity contribution in [2.24, 2.45) is 0 Å². The first-order valence-corrected chi connectivity index (χ1v) is 12.3. The molecule has 6 nitrogen and oxygen atoms in total. The van der Waals surface area contributed by atoms with E-state index in [0.717, 1.165) is 33.6 Å². The first-order chi connectivity index (χ1) is 18.6.